The molecule has 0 N–H and O–H groups in total. The van der Waals surface area contributed by atoms with Gasteiger partial charge in [0.05, 0.1) is 14.2 Å². The number of halogens is 1. The molecule has 0 saturated heterocycles. The molecule has 0 radical (unpaired) electrons. The summed E-state index contributed by atoms with van der Waals surface area (Å²) >= 11 is 6.61. The van der Waals surface area contributed by atoms with Crippen molar-refractivity contribution in [1.29, 1.82) is 0 Å². The van der Waals surface area contributed by atoms with Gasteiger partial charge in [0.2, 0.25) is 0 Å². The smallest absolute Gasteiger partial charge is 0.126 e. The molecule has 2 nitrogen and oxygen atoms in total. The second-order valence-electron chi connectivity index (χ2n) is 2.76. The van der Waals surface area contributed by atoms with Gasteiger partial charge in [0.25, 0.3) is 0 Å². The maximum atomic E-state index is 5.29. The van der Waals surface area contributed by atoms with Crippen LogP contribution in [0.1, 0.15) is 9.49 Å². The second-order valence-corrected chi connectivity index (χ2v) is 4.63. The van der Waals surface area contributed by atoms with Crippen molar-refractivity contribution in [1.82, 2.24) is 0 Å². The van der Waals surface area contributed by atoms with Crippen LogP contribution in [0.3, 0.4) is 0 Å². The zero-order valence-corrected chi connectivity index (χ0v) is 11.2. The van der Waals surface area contributed by atoms with E-state index in [4.69, 9.17) is 9.47 Å². The summed E-state index contributed by atoms with van der Waals surface area (Å²) in [5.41, 5.74) is 1.16. The summed E-state index contributed by atoms with van der Waals surface area (Å²) in [4.78, 5) is 0. The molecule has 1 aromatic rings. The van der Waals surface area contributed by atoms with Crippen LogP contribution in [0.2, 0.25) is 0 Å². The Morgan fingerprint density at radius 1 is 1.36 bits per heavy atom. The summed E-state index contributed by atoms with van der Waals surface area (Å²) in [6.07, 6.45) is 0. The molecule has 1 rings (SSSR count). The second kappa shape index (κ2) is 5.70. The van der Waals surface area contributed by atoms with Crippen molar-refractivity contribution in [2.75, 3.05) is 20.0 Å². The van der Waals surface area contributed by atoms with E-state index in [0.29, 0.717) is 3.92 Å². The van der Waals surface area contributed by atoms with E-state index in [2.05, 4.69) is 35.2 Å². The molecule has 0 aromatic heterocycles. The van der Waals surface area contributed by atoms with Crippen molar-refractivity contribution in [3.05, 3.63) is 23.8 Å². The number of rotatable bonds is 4. The number of hydrogen-bond acceptors (Lipinski definition) is 3. The van der Waals surface area contributed by atoms with Crippen molar-refractivity contribution in [2.45, 2.75) is 3.92 Å². The van der Waals surface area contributed by atoms with Crippen LogP contribution >= 0.6 is 35.2 Å². The van der Waals surface area contributed by atoms with Gasteiger partial charge in [-0.1, -0.05) is 28.7 Å². The Balaban J connectivity index is 3.04. The summed E-state index contributed by atoms with van der Waals surface area (Å²) in [6, 6.07) is 5.85. The van der Waals surface area contributed by atoms with E-state index in [1.165, 1.54) is 0 Å². The normalized spacial score (nSPS) is 12.3. The Bertz CT molecular complexity index is 304. The maximum Gasteiger partial charge on any atom is 0.126 e. The molecule has 0 aliphatic carbocycles. The molecule has 14 heavy (non-hydrogen) atoms. The lowest BCUT2D eigenvalue weighted by atomic mass is 10.1. The predicted octanol–water partition coefficient (Wildman–Crippen LogP) is 3.11. The summed E-state index contributed by atoms with van der Waals surface area (Å²) in [5, 5.41) is 0. The Morgan fingerprint density at radius 3 is 2.57 bits per heavy atom. The standard InChI is InChI=1S/C10H13IO2S/c1-12-7-3-4-8(9(11)6-14)10(5-7)13-2/h3-5,9,14H,6H2,1-2H3. The molecule has 4 heteroatoms. The highest BCUT2D eigenvalue weighted by atomic mass is 127. The van der Waals surface area contributed by atoms with Gasteiger partial charge >= 0.3 is 0 Å². The fraction of sp³-hybridized carbons (Fsp3) is 0.400. The van der Waals surface area contributed by atoms with Crippen molar-refractivity contribution in [3.63, 3.8) is 0 Å². The molecular weight excluding hydrogens is 311 g/mol. The first kappa shape index (κ1) is 12.0. The number of alkyl halides is 1. The minimum atomic E-state index is 0.358. The van der Waals surface area contributed by atoms with Gasteiger partial charge in [0, 0.05) is 21.3 Å². The minimum Gasteiger partial charge on any atom is -0.497 e. The lowest BCUT2D eigenvalue weighted by molar-refractivity contribution is 0.391. The molecule has 78 valence electrons. The maximum absolute atomic E-state index is 5.29. The first-order valence-corrected chi connectivity index (χ1v) is 6.07. The van der Waals surface area contributed by atoms with E-state index >= 15 is 0 Å². The van der Waals surface area contributed by atoms with Crippen LogP contribution in [0.25, 0.3) is 0 Å². The van der Waals surface area contributed by atoms with Gasteiger partial charge in [-0.3, -0.25) is 0 Å². The van der Waals surface area contributed by atoms with Gasteiger partial charge in [0.15, 0.2) is 0 Å². The fourth-order valence-corrected chi connectivity index (χ4v) is 1.89. The number of methoxy groups -OCH3 is 2. The molecule has 1 aromatic carbocycles. The van der Waals surface area contributed by atoms with Crippen LogP contribution in [0, 0.1) is 0 Å². The van der Waals surface area contributed by atoms with E-state index in [1.807, 2.05) is 18.2 Å². The molecular formula is C10H13IO2S. The Morgan fingerprint density at radius 2 is 2.07 bits per heavy atom. The summed E-state index contributed by atoms with van der Waals surface area (Å²) in [5.74, 6) is 2.47. The Labute approximate surface area is 104 Å². The van der Waals surface area contributed by atoms with Crippen molar-refractivity contribution in [3.8, 4) is 11.5 Å². The van der Waals surface area contributed by atoms with Crippen LogP contribution < -0.4 is 9.47 Å². The topological polar surface area (TPSA) is 18.5 Å². The predicted molar refractivity (Wildman–Crippen MR) is 70.2 cm³/mol. The molecule has 0 aliphatic rings. The summed E-state index contributed by atoms with van der Waals surface area (Å²) < 4.78 is 10.8. The summed E-state index contributed by atoms with van der Waals surface area (Å²) in [7, 11) is 3.31. The molecule has 0 amide bonds. The third-order valence-electron chi connectivity index (χ3n) is 1.94. The highest BCUT2D eigenvalue weighted by Gasteiger charge is 2.11. The average molecular weight is 324 g/mol. The van der Waals surface area contributed by atoms with E-state index < -0.39 is 0 Å². The van der Waals surface area contributed by atoms with Crippen LogP contribution in [-0.4, -0.2) is 20.0 Å². The van der Waals surface area contributed by atoms with Gasteiger partial charge in [0.1, 0.15) is 11.5 Å². The molecule has 0 saturated carbocycles. The van der Waals surface area contributed by atoms with E-state index in [-0.39, 0.29) is 0 Å². The number of hydrogen-bond donors (Lipinski definition) is 1. The summed E-state index contributed by atoms with van der Waals surface area (Å²) in [6.45, 7) is 0. The van der Waals surface area contributed by atoms with Gasteiger partial charge in [-0.2, -0.15) is 12.6 Å². The first-order chi connectivity index (χ1) is 6.72. The molecule has 0 fully saturated rings. The van der Waals surface area contributed by atoms with Gasteiger partial charge in [-0.25, -0.2) is 0 Å². The van der Waals surface area contributed by atoms with Gasteiger partial charge in [-0.05, 0) is 6.07 Å². The lowest BCUT2D eigenvalue weighted by Crippen LogP contribution is -1.97. The molecule has 1 unspecified atom stereocenters. The quantitative estimate of drug-likeness (QED) is 0.521. The zero-order valence-electron chi connectivity index (χ0n) is 8.16. The van der Waals surface area contributed by atoms with Crippen LogP contribution in [-0.2, 0) is 0 Å². The first-order valence-electron chi connectivity index (χ1n) is 4.19. The fourth-order valence-electron chi connectivity index (χ4n) is 1.18. The third kappa shape index (κ3) is 2.70. The minimum absolute atomic E-state index is 0.358. The van der Waals surface area contributed by atoms with Gasteiger partial charge in [-0.15, -0.1) is 0 Å². The highest BCUT2D eigenvalue weighted by molar-refractivity contribution is 14.1. The molecule has 1 atom stereocenters. The number of benzene rings is 1. The largest absolute Gasteiger partial charge is 0.497 e. The van der Waals surface area contributed by atoms with Crippen molar-refractivity contribution < 1.29 is 9.47 Å². The third-order valence-corrected chi connectivity index (χ3v) is 4.11. The SMILES string of the molecule is COc1ccc(C(I)CS)c(OC)c1. The van der Waals surface area contributed by atoms with Crippen LogP contribution in [0.15, 0.2) is 18.2 Å². The van der Waals surface area contributed by atoms with Crippen molar-refractivity contribution >= 4 is 35.2 Å². The van der Waals surface area contributed by atoms with Crippen LogP contribution in [0.5, 0.6) is 11.5 Å². The molecule has 0 heterocycles. The Hall–Kier alpha value is -0.100. The van der Waals surface area contributed by atoms with Gasteiger partial charge < -0.3 is 9.47 Å². The highest BCUT2D eigenvalue weighted by Crippen LogP contribution is 2.34. The van der Waals surface area contributed by atoms with Crippen LogP contribution in [0.4, 0.5) is 0 Å². The molecule has 0 aliphatic heterocycles. The van der Waals surface area contributed by atoms with Crippen molar-refractivity contribution in [2.24, 2.45) is 0 Å². The molecule has 0 spiro atoms. The molecule has 0 bridgehead atoms. The number of thiol groups is 1. The average Bonchev–Trinajstić information content (AvgIpc) is 2.27. The van der Waals surface area contributed by atoms with E-state index in [0.717, 1.165) is 22.8 Å². The van der Waals surface area contributed by atoms with E-state index in [1.54, 1.807) is 14.2 Å². The monoisotopic (exact) mass is 324 g/mol. The number of ether oxygens (including phenoxy) is 2. The zero-order chi connectivity index (χ0) is 10.6. The lowest BCUT2D eigenvalue weighted by Gasteiger charge is -2.13. The Kier molecular flexibility index (Phi) is 4.88. The van der Waals surface area contributed by atoms with E-state index in [9.17, 15) is 0 Å².